The molecule has 6 heteroatoms. The van der Waals surface area contributed by atoms with Crippen LogP contribution in [0.4, 0.5) is 4.79 Å². The third-order valence-corrected chi connectivity index (χ3v) is 4.31. The van der Waals surface area contributed by atoms with Crippen LogP contribution in [0, 0.1) is 5.41 Å². The predicted molar refractivity (Wildman–Crippen MR) is 80.3 cm³/mol. The first kappa shape index (κ1) is 17.8. The Hall–Kier alpha value is -1.30. The molecular weight excluding hydrogens is 272 g/mol. The summed E-state index contributed by atoms with van der Waals surface area (Å²) in [6, 6.07) is -0.0478. The Labute approximate surface area is 126 Å². The second-order valence-corrected chi connectivity index (χ2v) is 5.95. The van der Waals surface area contributed by atoms with E-state index in [0.29, 0.717) is 39.0 Å². The van der Waals surface area contributed by atoms with Crippen molar-refractivity contribution in [2.75, 3.05) is 26.8 Å². The highest BCUT2D eigenvalue weighted by atomic mass is 16.5. The molecule has 0 aliphatic carbocycles. The number of methoxy groups -OCH3 is 1. The van der Waals surface area contributed by atoms with Crippen molar-refractivity contribution < 1.29 is 19.4 Å². The SMILES string of the molecule is CCCC1(C(=O)O)CCN(C(=O)NC(C)CCOC)CC1. The van der Waals surface area contributed by atoms with Gasteiger partial charge in [-0.2, -0.15) is 0 Å². The molecule has 1 aliphatic heterocycles. The highest BCUT2D eigenvalue weighted by Crippen LogP contribution is 2.36. The molecule has 1 atom stereocenters. The molecule has 1 saturated heterocycles. The lowest BCUT2D eigenvalue weighted by Gasteiger charge is -2.39. The number of hydrogen-bond donors (Lipinski definition) is 2. The van der Waals surface area contributed by atoms with Crippen molar-refractivity contribution >= 4 is 12.0 Å². The van der Waals surface area contributed by atoms with Crippen LogP contribution in [0.15, 0.2) is 0 Å². The molecule has 1 fully saturated rings. The van der Waals surface area contributed by atoms with E-state index in [-0.39, 0.29) is 12.1 Å². The van der Waals surface area contributed by atoms with Crippen molar-refractivity contribution in [1.29, 1.82) is 0 Å². The Bertz CT molecular complexity index is 352. The maximum Gasteiger partial charge on any atom is 0.317 e. The van der Waals surface area contributed by atoms with E-state index in [1.165, 1.54) is 0 Å². The molecule has 1 heterocycles. The minimum absolute atomic E-state index is 0.0549. The number of piperidine rings is 1. The van der Waals surface area contributed by atoms with Gasteiger partial charge in [0.15, 0.2) is 0 Å². The number of urea groups is 1. The summed E-state index contributed by atoms with van der Waals surface area (Å²) in [4.78, 5) is 25.4. The average molecular weight is 300 g/mol. The van der Waals surface area contributed by atoms with Crippen LogP contribution in [0.3, 0.4) is 0 Å². The molecule has 122 valence electrons. The average Bonchev–Trinajstić information content (AvgIpc) is 2.45. The maximum absolute atomic E-state index is 12.1. The maximum atomic E-state index is 12.1. The van der Waals surface area contributed by atoms with Crippen LogP contribution in [0.2, 0.25) is 0 Å². The molecular formula is C15H28N2O4. The summed E-state index contributed by atoms with van der Waals surface area (Å²) < 4.78 is 4.99. The number of nitrogens with one attached hydrogen (secondary N) is 1. The van der Waals surface area contributed by atoms with E-state index in [0.717, 1.165) is 12.8 Å². The van der Waals surface area contributed by atoms with Crippen molar-refractivity contribution in [3.63, 3.8) is 0 Å². The largest absolute Gasteiger partial charge is 0.481 e. The third kappa shape index (κ3) is 4.88. The van der Waals surface area contributed by atoms with Crippen LogP contribution in [0.1, 0.15) is 46.0 Å². The molecule has 1 rings (SSSR count). The minimum Gasteiger partial charge on any atom is -0.481 e. The normalized spacial score (nSPS) is 19.1. The number of carbonyl (C=O) groups excluding carboxylic acids is 1. The summed E-state index contributed by atoms with van der Waals surface area (Å²) in [5.74, 6) is -0.724. The van der Waals surface area contributed by atoms with E-state index in [1.807, 2.05) is 13.8 Å². The summed E-state index contributed by atoms with van der Waals surface area (Å²) in [5, 5.41) is 12.4. The number of likely N-dealkylation sites (tertiary alicyclic amines) is 1. The fraction of sp³-hybridized carbons (Fsp3) is 0.867. The topological polar surface area (TPSA) is 78.9 Å². The molecule has 0 radical (unpaired) electrons. The molecule has 1 unspecified atom stereocenters. The molecule has 0 aromatic rings. The summed E-state index contributed by atoms with van der Waals surface area (Å²) >= 11 is 0. The summed E-state index contributed by atoms with van der Waals surface area (Å²) in [5.41, 5.74) is -0.646. The number of aliphatic carboxylic acids is 1. The minimum atomic E-state index is -0.724. The van der Waals surface area contributed by atoms with Crippen LogP contribution in [0.25, 0.3) is 0 Å². The lowest BCUT2D eigenvalue weighted by Crippen LogP contribution is -2.51. The molecule has 0 aromatic carbocycles. The Morgan fingerprint density at radius 1 is 1.38 bits per heavy atom. The van der Waals surface area contributed by atoms with Gasteiger partial charge in [-0.1, -0.05) is 13.3 Å². The number of ether oxygens (including phenoxy) is 1. The first-order chi connectivity index (χ1) is 9.95. The molecule has 21 heavy (non-hydrogen) atoms. The number of hydrogen-bond acceptors (Lipinski definition) is 3. The number of carbonyl (C=O) groups is 2. The molecule has 1 aliphatic rings. The highest BCUT2D eigenvalue weighted by Gasteiger charge is 2.41. The fourth-order valence-corrected chi connectivity index (χ4v) is 2.86. The molecule has 0 bridgehead atoms. The first-order valence-electron chi connectivity index (χ1n) is 7.73. The highest BCUT2D eigenvalue weighted by molar-refractivity contribution is 5.77. The number of carboxylic acids is 1. The van der Waals surface area contributed by atoms with Crippen molar-refractivity contribution in [3.05, 3.63) is 0 Å². The predicted octanol–water partition coefficient (Wildman–Crippen LogP) is 2.09. The lowest BCUT2D eigenvalue weighted by atomic mass is 9.75. The zero-order chi connectivity index (χ0) is 15.9. The van der Waals surface area contributed by atoms with Gasteiger partial charge in [-0.05, 0) is 32.6 Å². The number of rotatable bonds is 7. The monoisotopic (exact) mass is 300 g/mol. The van der Waals surface area contributed by atoms with E-state index in [1.54, 1.807) is 12.0 Å². The van der Waals surface area contributed by atoms with Gasteiger partial charge in [-0.15, -0.1) is 0 Å². The Balaban J connectivity index is 2.47. The summed E-state index contributed by atoms with van der Waals surface area (Å²) in [6.07, 6.45) is 3.38. The van der Waals surface area contributed by atoms with Crippen LogP contribution in [-0.4, -0.2) is 54.9 Å². The zero-order valence-corrected chi connectivity index (χ0v) is 13.4. The van der Waals surface area contributed by atoms with Crippen LogP contribution < -0.4 is 5.32 Å². The van der Waals surface area contributed by atoms with E-state index >= 15 is 0 Å². The number of carboxylic acid groups (broad SMARTS) is 1. The van der Waals surface area contributed by atoms with E-state index in [2.05, 4.69) is 5.32 Å². The van der Waals surface area contributed by atoms with E-state index in [9.17, 15) is 14.7 Å². The molecule has 0 aromatic heterocycles. The van der Waals surface area contributed by atoms with Gasteiger partial charge in [-0.25, -0.2) is 4.79 Å². The third-order valence-electron chi connectivity index (χ3n) is 4.31. The van der Waals surface area contributed by atoms with Gasteiger partial charge < -0.3 is 20.1 Å². The second kappa shape index (κ2) is 8.22. The molecule has 0 saturated carbocycles. The van der Waals surface area contributed by atoms with Gasteiger partial charge >= 0.3 is 12.0 Å². The van der Waals surface area contributed by atoms with Crippen molar-refractivity contribution in [2.45, 2.75) is 52.0 Å². The summed E-state index contributed by atoms with van der Waals surface area (Å²) in [6.45, 7) is 5.57. The van der Waals surface area contributed by atoms with Crippen molar-refractivity contribution in [3.8, 4) is 0 Å². The van der Waals surface area contributed by atoms with Gasteiger partial charge in [-0.3, -0.25) is 4.79 Å². The Kier molecular flexibility index (Phi) is 6.95. The first-order valence-corrected chi connectivity index (χ1v) is 7.73. The fourth-order valence-electron chi connectivity index (χ4n) is 2.86. The molecule has 2 N–H and O–H groups in total. The molecule has 0 spiro atoms. The van der Waals surface area contributed by atoms with Gasteiger partial charge in [0.05, 0.1) is 5.41 Å². The zero-order valence-electron chi connectivity index (χ0n) is 13.4. The van der Waals surface area contributed by atoms with E-state index < -0.39 is 11.4 Å². The number of amides is 2. The van der Waals surface area contributed by atoms with Gasteiger partial charge in [0.2, 0.25) is 0 Å². The van der Waals surface area contributed by atoms with Gasteiger partial charge in [0, 0.05) is 32.8 Å². The van der Waals surface area contributed by atoms with Crippen molar-refractivity contribution in [1.82, 2.24) is 10.2 Å². The van der Waals surface area contributed by atoms with Gasteiger partial charge in [0.1, 0.15) is 0 Å². The van der Waals surface area contributed by atoms with Crippen LogP contribution in [0.5, 0.6) is 0 Å². The second-order valence-electron chi connectivity index (χ2n) is 5.95. The number of nitrogens with zero attached hydrogens (tertiary/aromatic N) is 1. The smallest absolute Gasteiger partial charge is 0.317 e. The van der Waals surface area contributed by atoms with Crippen molar-refractivity contribution in [2.24, 2.45) is 5.41 Å². The quantitative estimate of drug-likeness (QED) is 0.754. The molecule has 2 amide bonds. The van der Waals surface area contributed by atoms with Crippen LogP contribution >= 0.6 is 0 Å². The van der Waals surface area contributed by atoms with Gasteiger partial charge in [0.25, 0.3) is 0 Å². The standard InChI is InChI=1S/C15H28N2O4/c1-4-6-15(13(18)19)7-9-17(10-8-15)14(20)16-12(2)5-11-21-3/h12H,4-11H2,1-3H3,(H,16,20)(H,18,19). The Morgan fingerprint density at radius 2 is 2.00 bits per heavy atom. The molecule has 6 nitrogen and oxygen atoms in total. The lowest BCUT2D eigenvalue weighted by molar-refractivity contribution is -0.152. The van der Waals surface area contributed by atoms with Crippen LogP contribution in [-0.2, 0) is 9.53 Å². The van der Waals surface area contributed by atoms with E-state index in [4.69, 9.17) is 4.74 Å². The summed E-state index contributed by atoms with van der Waals surface area (Å²) in [7, 11) is 1.64. The Morgan fingerprint density at radius 3 is 2.48 bits per heavy atom.